The van der Waals surface area contributed by atoms with Crippen LogP contribution in [0.25, 0.3) is 0 Å². The molecule has 0 bridgehead atoms. The van der Waals surface area contributed by atoms with E-state index in [4.69, 9.17) is 0 Å². The summed E-state index contributed by atoms with van der Waals surface area (Å²) in [6.45, 7) is 3.95. The third-order valence-corrected chi connectivity index (χ3v) is 4.73. The number of rotatable bonds is 6. The Morgan fingerprint density at radius 3 is 2.52 bits per heavy atom. The monoisotopic (exact) mass is 337 g/mol. The predicted molar refractivity (Wildman–Crippen MR) is 104 cm³/mol. The fraction of sp³-hybridized carbons (Fsp3) is 0.381. The topological polar surface area (TPSA) is 53.2 Å². The molecule has 0 radical (unpaired) electrons. The van der Waals surface area contributed by atoms with Gasteiger partial charge in [-0.05, 0) is 62.6 Å². The lowest BCUT2D eigenvalue weighted by Crippen LogP contribution is -2.40. The van der Waals surface area contributed by atoms with Crippen LogP contribution in [0.15, 0.2) is 54.6 Å². The van der Waals surface area contributed by atoms with E-state index >= 15 is 0 Å². The lowest BCUT2D eigenvalue weighted by Gasteiger charge is -2.27. The molecule has 1 aliphatic rings. The lowest BCUT2D eigenvalue weighted by molar-refractivity contribution is -0.120. The molecule has 0 aromatic heterocycles. The molecule has 2 aromatic rings. The molecule has 4 heteroatoms. The Morgan fingerprint density at radius 2 is 1.80 bits per heavy atom. The number of hydrogen-bond donors (Lipinski definition) is 3. The standard InChI is InChI=1S/C21H27N3O/c1-16-15-18(12-14-22-16)21(25)24-20-9-7-19(8-10-20)23-13-11-17-5-3-2-4-6-17/h2-10,16,18,22-23H,11-15H2,1H3,(H,24,25)/t16-,18-/m0/s1. The first-order valence-corrected chi connectivity index (χ1v) is 9.13. The summed E-state index contributed by atoms with van der Waals surface area (Å²) in [6.07, 6.45) is 2.81. The minimum atomic E-state index is 0.111. The molecule has 1 fully saturated rings. The Kier molecular flexibility index (Phi) is 6.07. The maximum Gasteiger partial charge on any atom is 0.227 e. The molecule has 132 valence electrons. The summed E-state index contributed by atoms with van der Waals surface area (Å²) in [5.74, 6) is 0.248. The first kappa shape index (κ1) is 17.5. The molecule has 0 aliphatic carbocycles. The SMILES string of the molecule is C[C@H]1C[C@@H](C(=O)Nc2ccc(NCCc3ccccc3)cc2)CCN1. The zero-order valence-corrected chi connectivity index (χ0v) is 14.8. The van der Waals surface area contributed by atoms with Crippen molar-refractivity contribution in [2.45, 2.75) is 32.2 Å². The van der Waals surface area contributed by atoms with E-state index in [9.17, 15) is 4.79 Å². The minimum absolute atomic E-state index is 0.111. The van der Waals surface area contributed by atoms with Gasteiger partial charge in [0.15, 0.2) is 0 Å². The van der Waals surface area contributed by atoms with Gasteiger partial charge < -0.3 is 16.0 Å². The molecule has 25 heavy (non-hydrogen) atoms. The number of hydrogen-bond acceptors (Lipinski definition) is 3. The average Bonchev–Trinajstić information content (AvgIpc) is 2.64. The first-order valence-electron chi connectivity index (χ1n) is 9.13. The fourth-order valence-corrected chi connectivity index (χ4v) is 3.28. The summed E-state index contributed by atoms with van der Waals surface area (Å²) in [7, 11) is 0. The van der Waals surface area contributed by atoms with Crippen LogP contribution in [0.1, 0.15) is 25.3 Å². The van der Waals surface area contributed by atoms with Crippen LogP contribution in [0.4, 0.5) is 11.4 Å². The smallest absolute Gasteiger partial charge is 0.227 e. The van der Waals surface area contributed by atoms with Crippen molar-refractivity contribution in [3.8, 4) is 0 Å². The van der Waals surface area contributed by atoms with Crippen LogP contribution in [-0.2, 0) is 11.2 Å². The van der Waals surface area contributed by atoms with Crippen LogP contribution < -0.4 is 16.0 Å². The van der Waals surface area contributed by atoms with Crippen LogP contribution >= 0.6 is 0 Å². The van der Waals surface area contributed by atoms with Gasteiger partial charge in [0.1, 0.15) is 0 Å². The van der Waals surface area contributed by atoms with E-state index in [0.29, 0.717) is 6.04 Å². The molecule has 3 rings (SSSR count). The maximum absolute atomic E-state index is 12.4. The molecule has 2 atom stereocenters. The van der Waals surface area contributed by atoms with E-state index in [1.807, 2.05) is 30.3 Å². The number of piperidine rings is 1. The Balaban J connectivity index is 1.46. The molecule has 0 unspecified atom stereocenters. The molecule has 1 aliphatic heterocycles. The molecule has 1 amide bonds. The van der Waals surface area contributed by atoms with Crippen molar-refractivity contribution < 1.29 is 4.79 Å². The number of anilines is 2. The molecule has 1 heterocycles. The molecule has 1 saturated heterocycles. The summed E-state index contributed by atoms with van der Waals surface area (Å²) in [5, 5.41) is 9.85. The van der Waals surface area contributed by atoms with Crippen molar-refractivity contribution in [3.05, 3.63) is 60.2 Å². The Morgan fingerprint density at radius 1 is 1.08 bits per heavy atom. The average molecular weight is 337 g/mol. The number of carbonyl (C=O) groups is 1. The van der Waals surface area contributed by atoms with Gasteiger partial charge in [-0.1, -0.05) is 30.3 Å². The largest absolute Gasteiger partial charge is 0.385 e. The van der Waals surface area contributed by atoms with Gasteiger partial charge in [0.05, 0.1) is 0 Å². The molecule has 3 N–H and O–H groups in total. The van der Waals surface area contributed by atoms with Gasteiger partial charge in [0, 0.05) is 29.9 Å². The van der Waals surface area contributed by atoms with Crippen LogP contribution in [0.5, 0.6) is 0 Å². The van der Waals surface area contributed by atoms with Gasteiger partial charge in [-0.3, -0.25) is 4.79 Å². The molecule has 2 aromatic carbocycles. The van der Waals surface area contributed by atoms with Gasteiger partial charge in [0.25, 0.3) is 0 Å². The van der Waals surface area contributed by atoms with E-state index in [1.54, 1.807) is 0 Å². The van der Waals surface area contributed by atoms with Crippen molar-refractivity contribution in [1.82, 2.24) is 5.32 Å². The van der Waals surface area contributed by atoms with E-state index < -0.39 is 0 Å². The molecule has 4 nitrogen and oxygen atoms in total. The third-order valence-electron chi connectivity index (χ3n) is 4.73. The number of carbonyl (C=O) groups excluding carboxylic acids is 1. The zero-order valence-electron chi connectivity index (χ0n) is 14.8. The third kappa shape index (κ3) is 5.33. The van der Waals surface area contributed by atoms with Gasteiger partial charge in [-0.25, -0.2) is 0 Å². The zero-order chi connectivity index (χ0) is 17.5. The lowest BCUT2D eigenvalue weighted by atomic mass is 9.92. The van der Waals surface area contributed by atoms with Crippen molar-refractivity contribution in [3.63, 3.8) is 0 Å². The second-order valence-electron chi connectivity index (χ2n) is 6.81. The predicted octanol–water partition coefficient (Wildman–Crippen LogP) is 3.67. The van der Waals surface area contributed by atoms with Crippen molar-refractivity contribution in [1.29, 1.82) is 0 Å². The van der Waals surface area contributed by atoms with Crippen LogP contribution in [0.2, 0.25) is 0 Å². The normalized spacial score (nSPS) is 20.0. The van der Waals surface area contributed by atoms with Gasteiger partial charge in [-0.15, -0.1) is 0 Å². The summed E-state index contributed by atoms with van der Waals surface area (Å²) >= 11 is 0. The Bertz CT molecular complexity index is 669. The van der Waals surface area contributed by atoms with Gasteiger partial charge in [0.2, 0.25) is 5.91 Å². The second-order valence-corrected chi connectivity index (χ2v) is 6.81. The second kappa shape index (κ2) is 8.67. The van der Waals surface area contributed by atoms with E-state index in [1.165, 1.54) is 5.56 Å². The van der Waals surface area contributed by atoms with Crippen LogP contribution in [0, 0.1) is 5.92 Å². The summed E-state index contributed by atoms with van der Waals surface area (Å²) in [4.78, 5) is 12.4. The van der Waals surface area contributed by atoms with E-state index in [0.717, 1.165) is 43.7 Å². The number of amides is 1. The number of benzene rings is 2. The van der Waals surface area contributed by atoms with Crippen molar-refractivity contribution in [2.24, 2.45) is 5.92 Å². The highest BCUT2D eigenvalue weighted by molar-refractivity contribution is 5.92. The molecule has 0 saturated carbocycles. The molecular weight excluding hydrogens is 310 g/mol. The number of nitrogens with one attached hydrogen (secondary N) is 3. The van der Waals surface area contributed by atoms with E-state index in [2.05, 4.69) is 47.1 Å². The summed E-state index contributed by atoms with van der Waals surface area (Å²) in [5.41, 5.74) is 3.27. The highest BCUT2D eigenvalue weighted by Crippen LogP contribution is 2.20. The Labute approximate surface area is 150 Å². The van der Waals surface area contributed by atoms with Gasteiger partial charge in [-0.2, -0.15) is 0 Å². The fourth-order valence-electron chi connectivity index (χ4n) is 3.28. The van der Waals surface area contributed by atoms with Crippen LogP contribution in [-0.4, -0.2) is 25.0 Å². The molecule has 0 spiro atoms. The summed E-state index contributed by atoms with van der Waals surface area (Å²) in [6, 6.07) is 18.8. The van der Waals surface area contributed by atoms with Crippen molar-refractivity contribution >= 4 is 17.3 Å². The maximum atomic E-state index is 12.4. The molecular formula is C21H27N3O. The summed E-state index contributed by atoms with van der Waals surface area (Å²) < 4.78 is 0. The minimum Gasteiger partial charge on any atom is -0.385 e. The van der Waals surface area contributed by atoms with Crippen LogP contribution in [0.3, 0.4) is 0 Å². The highest BCUT2D eigenvalue weighted by atomic mass is 16.1. The van der Waals surface area contributed by atoms with Crippen molar-refractivity contribution in [2.75, 3.05) is 23.7 Å². The highest BCUT2D eigenvalue weighted by Gasteiger charge is 2.24. The quantitative estimate of drug-likeness (QED) is 0.754. The Hall–Kier alpha value is -2.33. The first-order chi connectivity index (χ1) is 12.2. The van der Waals surface area contributed by atoms with E-state index in [-0.39, 0.29) is 11.8 Å². The van der Waals surface area contributed by atoms with Gasteiger partial charge >= 0.3 is 0 Å².